The van der Waals surface area contributed by atoms with Gasteiger partial charge in [-0.1, -0.05) is 92.3 Å². The van der Waals surface area contributed by atoms with Gasteiger partial charge in [-0.05, 0) is 80.0 Å². The highest BCUT2D eigenvalue weighted by Gasteiger charge is 2.45. The van der Waals surface area contributed by atoms with E-state index in [-0.39, 0.29) is 155 Å². The summed E-state index contributed by atoms with van der Waals surface area (Å²) in [5, 5.41) is 24.0. The molecule has 0 bridgehead atoms. The molecule has 4 N–H and O–H groups in total. The van der Waals surface area contributed by atoms with Gasteiger partial charge in [-0.3, -0.25) is 9.59 Å². The number of amides is 4. The van der Waals surface area contributed by atoms with Gasteiger partial charge in [-0.2, -0.15) is 0 Å². The van der Waals surface area contributed by atoms with Crippen LogP contribution in [0.5, 0.6) is 0 Å². The molecule has 2 aliphatic rings. The minimum atomic E-state index is -1.89. The van der Waals surface area contributed by atoms with E-state index in [0.717, 1.165) is 6.42 Å². The summed E-state index contributed by atoms with van der Waals surface area (Å²) in [6.07, 6.45) is 10.6. The van der Waals surface area contributed by atoms with Crippen LogP contribution in [0, 0.1) is 43.3 Å². The van der Waals surface area contributed by atoms with Crippen LogP contribution in [0.25, 0.3) is 0 Å². The van der Waals surface area contributed by atoms with Crippen molar-refractivity contribution in [3.8, 4) is 0 Å². The number of nitrogens with one attached hydrogen (secondary N) is 4. The number of carboxylic acids is 1. The Labute approximate surface area is 540 Å². The van der Waals surface area contributed by atoms with Crippen LogP contribution >= 0.6 is 0 Å². The lowest BCUT2D eigenvalue weighted by atomic mass is 9.62. The maximum Gasteiger partial charge on any atom is 0.407 e. The summed E-state index contributed by atoms with van der Waals surface area (Å²) in [4.78, 5) is 90.6. The van der Waals surface area contributed by atoms with E-state index in [1.54, 1.807) is 44.2 Å². The van der Waals surface area contributed by atoms with Gasteiger partial charge in [0.2, 0.25) is 0 Å². The topological polar surface area (TPSA) is 301 Å². The van der Waals surface area contributed by atoms with Crippen molar-refractivity contribution < 1.29 is 95.5 Å². The molecule has 2 saturated carbocycles. The Kier molecular flexibility index (Phi) is 35.3. The first-order valence-corrected chi connectivity index (χ1v) is 31.1. The monoisotopic (exact) mass is 1290 g/mol. The molecule has 518 valence electrons. The molecule has 2 aliphatic carbocycles. The smallest absolute Gasteiger partial charge is 0.407 e. The number of carbonyl (C=O) groups excluding carboxylic acids is 7. The van der Waals surface area contributed by atoms with Gasteiger partial charge in [0.15, 0.2) is 0 Å². The molecule has 4 unspecified atom stereocenters. The summed E-state index contributed by atoms with van der Waals surface area (Å²) in [7, 11) is 0. The van der Waals surface area contributed by atoms with Crippen molar-refractivity contribution in [2.75, 3.05) is 125 Å². The van der Waals surface area contributed by atoms with Crippen molar-refractivity contribution in [3.63, 3.8) is 0 Å². The second kappa shape index (κ2) is 39.8. The third-order valence-electron chi connectivity index (χ3n) is 15.4. The number of hydrogen-bond acceptors (Lipinski definition) is 20. The number of carbonyl (C=O) groups is 7. The zero-order valence-electron chi connectivity index (χ0n) is 56.0. The first-order chi connectivity index (χ1) is 42.8. The van der Waals surface area contributed by atoms with Gasteiger partial charge in [0.05, 0.1) is 101 Å². The number of alkyl carbamates (subject to hydrolysis) is 4. The van der Waals surface area contributed by atoms with Crippen LogP contribution in [-0.2, 0) is 71.2 Å². The Morgan fingerprint density at radius 1 is 0.451 bits per heavy atom. The quantitative estimate of drug-likeness (QED) is 0.0146. The van der Waals surface area contributed by atoms with Crippen molar-refractivity contribution in [3.05, 3.63) is 76.1 Å². The van der Waals surface area contributed by atoms with Gasteiger partial charge in [-0.15, -0.1) is 32.9 Å². The first-order valence-electron chi connectivity index (χ1n) is 31.1. The van der Waals surface area contributed by atoms with Gasteiger partial charge < -0.3 is 88.0 Å². The molecule has 0 radical (unpaired) electrons. The van der Waals surface area contributed by atoms with Crippen LogP contribution in [0.15, 0.2) is 76.1 Å². The number of carboxylic acid groups (broad SMARTS) is 1. The number of hydrogen-bond donors (Lipinski definition) is 4. The molecule has 4 amide bonds. The normalized spacial score (nSPS) is 20.1. The fraction of sp³-hybridized carbons (Fsp3) is 0.716. The van der Waals surface area contributed by atoms with Gasteiger partial charge in [0.1, 0.15) is 39.6 Å². The van der Waals surface area contributed by atoms with Gasteiger partial charge in [0, 0.05) is 43.4 Å². The molecule has 91 heavy (non-hydrogen) atoms. The maximum atomic E-state index is 13.2. The lowest BCUT2D eigenvalue weighted by molar-refractivity contribution is -0.321. The summed E-state index contributed by atoms with van der Waals surface area (Å²) in [6, 6.07) is -0.683. The molecular formula is C67H109N4O20-. The fourth-order valence-corrected chi connectivity index (χ4v) is 11.7. The molecule has 5 atom stereocenters. The van der Waals surface area contributed by atoms with Gasteiger partial charge >= 0.3 is 36.3 Å². The number of aliphatic carboxylic acids is 1. The van der Waals surface area contributed by atoms with E-state index in [1.165, 1.54) is 13.2 Å². The van der Waals surface area contributed by atoms with Crippen LogP contribution in [0.2, 0.25) is 0 Å². The predicted octanol–water partition coefficient (Wildman–Crippen LogP) is 8.64. The van der Waals surface area contributed by atoms with Crippen LogP contribution < -0.4 is 26.4 Å². The van der Waals surface area contributed by atoms with E-state index < -0.39 is 94.0 Å². The molecule has 0 spiro atoms. The van der Waals surface area contributed by atoms with Crippen LogP contribution in [0.1, 0.15) is 127 Å². The Balaban J connectivity index is 1.82. The highest BCUT2D eigenvalue weighted by molar-refractivity contribution is 5.75. The molecule has 2 fully saturated rings. The van der Waals surface area contributed by atoms with Crippen molar-refractivity contribution in [1.82, 2.24) is 21.3 Å². The molecule has 0 heterocycles. The molecule has 0 aromatic rings. The Morgan fingerprint density at radius 2 is 0.780 bits per heavy atom. The molecule has 0 aromatic heterocycles. The Morgan fingerprint density at radius 3 is 1.14 bits per heavy atom. The SMILES string of the molecule is C=CCOCC(COC=C)(COCC=C)COC(=O)NCC1(C)CC(NC(=O)OCC(C)(C)COC(=O)CCCCC(=O)OC[C@@](C)(COC(=O)NC2CC(C)(C)CC(C)(CNC(=O)OCC(COCC=C)(COCC=C)COCC=C)C2)C(=O)[O-])CC(C)(C)C1. The summed E-state index contributed by atoms with van der Waals surface area (Å²) < 4.78 is 67.5. The van der Waals surface area contributed by atoms with Crippen LogP contribution in [0.4, 0.5) is 19.2 Å². The lowest BCUT2D eigenvalue weighted by Crippen LogP contribution is -2.52. The number of unbranched alkanes of at least 4 members (excludes halogenated alkanes) is 1. The number of esters is 2. The van der Waals surface area contributed by atoms with Crippen molar-refractivity contribution in [2.45, 2.75) is 139 Å². The number of rotatable bonds is 47. The molecule has 24 heteroatoms. The summed E-state index contributed by atoms with van der Waals surface area (Å²) in [6.45, 7) is 40.5. The average Bonchev–Trinajstić information content (AvgIpc) is 0.832. The second-order valence-corrected chi connectivity index (χ2v) is 27.9. The van der Waals surface area contributed by atoms with E-state index >= 15 is 0 Å². The highest BCUT2D eigenvalue weighted by Crippen LogP contribution is 2.47. The van der Waals surface area contributed by atoms with E-state index in [0.29, 0.717) is 32.1 Å². The van der Waals surface area contributed by atoms with E-state index in [2.05, 4.69) is 74.6 Å². The van der Waals surface area contributed by atoms with E-state index in [9.17, 15) is 38.7 Å². The third-order valence-corrected chi connectivity index (χ3v) is 15.4. The minimum absolute atomic E-state index is 0.0246. The molecular weight excluding hydrogens is 1180 g/mol. The molecule has 0 saturated heterocycles. The summed E-state index contributed by atoms with van der Waals surface area (Å²) in [5.41, 5.74) is -5.72. The van der Waals surface area contributed by atoms with Crippen molar-refractivity contribution >= 4 is 42.3 Å². The molecule has 24 nitrogen and oxygen atoms in total. The fourth-order valence-electron chi connectivity index (χ4n) is 11.7. The Bertz CT molecular complexity index is 2310. The molecule has 2 rings (SSSR count). The van der Waals surface area contributed by atoms with Crippen LogP contribution in [-0.4, -0.2) is 180 Å². The van der Waals surface area contributed by atoms with Crippen LogP contribution in [0.3, 0.4) is 0 Å². The number of ether oxygens (including phenoxy) is 12. The van der Waals surface area contributed by atoms with E-state index in [4.69, 9.17) is 56.8 Å². The standard InChI is InChI=1S/C67H110N4O20/c1-16-26-81-44-66(43-80-21-6,45-82-27-17-2)49-90-56(76)68-37-63(13)33-51(31-60(7,8)35-63)70-58(78)88-40-62(11,12)39-86-53(72)24-22-23-25-54(73)87-41-65(15,55(74)75)42-89-59(79)71-52-32-61(9,10)36-64(14,34-52)38-69-57(77)91-50-67(46-83-28-18-3,47-84-29-19-4)48-85-30-20-5/h16-21,51-52H,1-6,22-50H2,7-15H3,(H,68,76)(H,69,77)(H,70,78)(H,71,79)(H,74,75)/p-1/t51?,52?,63?,64?,65-/m0/s1. The van der Waals surface area contributed by atoms with Crippen molar-refractivity contribution in [1.29, 1.82) is 0 Å². The third kappa shape index (κ3) is 33.1. The largest absolute Gasteiger partial charge is 0.549 e. The summed E-state index contributed by atoms with van der Waals surface area (Å²) in [5.74, 6) is -2.86. The van der Waals surface area contributed by atoms with Crippen molar-refractivity contribution in [2.24, 2.45) is 43.3 Å². The zero-order chi connectivity index (χ0) is 68.3. The predicted molar refractivity (Wildman–Crippen MR) is 340 cm³/mol. The average molecular weight is 1290 g/mol. The molecule has 0 aliphatic heterocycles. The second-order valence-electron chi connectivity index (χ2n) is 27.9. The first kappa shape index (κ1) is 80.6. The lowest BCUT2D eigenvalue weighted by Gasteiger charge is -2.46. The maximum absolute atomic E-state index is 13.2. The van der Waals surface area contributed by atoms with Gasteiger partial charge in [0.25, 0.3) is 0 Å². The Hall–Kier alpha value is -6.47. The summed E-state index contributed by atoms with van der Waals surface area (Å²) >= 11 is 0. The zero-order valence-corrected chi connectivity index (χ0v) is 56.0. The minimum Gasteiger partial charge on any atom is -0.549 e. The molecule has 0 aromatic carbocycles. The van der Waals surface area contributed by atoms with E-state index in [1.807, 2.05) is 27.7 Å². The highest BCUT2D eigenvalue weighted by atomic mass is 16.6. The van der Waals surface area contributed by atoms with Gasteiger partial charge in [-0.25, -0.2) is 19.2 Å².